The third-order valence-electron chi connectivity index (χ3n) is 5.11. The molecular formula is C21H30N2O2S. The summed E-state index contributed by atoms with van der Waals surface area (Å²) in [5.74, 6) is -0.196. The van der Waals surface area contributed by atoms with E-state index < -0.39 is 4.93 Å². The topological polar surface area (TPSA) is 50.7 Å². The van der Waals surface area contributed by atoms with Gasteiger partial charge in [-0.1, -0.05) is 75.8 Å². The van der Waals surface area contributed by atoms with Crippen molar-refractivity contribution in [2.45, 2.75) is 75.7 Å². The summed E-state index contributed by atoms with van der Waals surface area (Å²) in [5.41, 5.74) is 0.879. The van der Waals surface area contributed by atoms with Gasteiger partial charge in [-0.3, -0.25) is 4.79 Å². The molecule has 1 aromatic rings. The molecule has 1 amide bonds. The predicted octanol–water partition coefficient (Wildman–Crippen LogP) is 4.99. The highest BCUT2D eigenvalue weighted by molar-refractivity contribution is 8.15. The zero-order chi connectivity index (χ0) is 18.2. The minimum atomic E-state index is -1.03. The number of thioether (sulfide) groups is 1. The van der Waals surface area contributed by atoms with Gasteiger partial charge in [0.05, 0.1) is 0 Å². The Morgan fingerprint density at radius 2 is 1.85 bits per heavy atom. The van der Waals surface area contributed by atoms with E-state index in [1.807, 2.05) is 30.3 Å². The summed E-state index contributed by atoms with van der Waals surface area (Å²) in [4.78, 5) is 16.2. The van der Waals surface area contributed by atoms with Crippen LogP contribution < -0.4 is 5.32 Å². The van der Waals surface area contributed by atoms with Crippen molar-refractivity contribution >= 4 is 22.8 Å². The van der Waals surface area contributed by atoms with Crippen LogP contribution in [-0.2, 0) is 14.5 Å². The zero-order valence-corrected chi connectivity index (χ0v) is 16.5. The van der Waals surface area contributed by atoms with E-state index in [0.29, 0.717) is 12.6 Å². The molecule has 0 radical (unpaired) electrons. The molecule has 0 aromatic heterocycles. The van der Waals surface area contributed by atoms with Gasteiger partial charge >= 0.3 is 0 Å². The first kappa shape index (κ1) is 19.4. The van der Waals surface area contributed by atoms with Crippen molar-refractivity contribution in [3.63, 3.8) is 0 Å². The molecule has 142 valence electrons. The van der Waals surface area contributed by atoms with E-state index in [1.54, 1.807) is 0 Å². The van der Waals surface area contributed by atoms with Crippen LogP contribution in [0.3, 0.4) is 0 Å². The van der Waals surface area contributed by atoms with Crippen molar-refractivity contribution in [1.82, 2.24) is 5.32 Å². The Bertz CT molecular complexity index is 612. The van der Waals surface area contributed by atoms with E-state index in [1.165, 1.54) is 43.9 Å². The average molecular weight is 375 g/mol. The van der Waals surface area contributed by atoms with E-state index in [9.17, 15) is 4.79 Å². The maximum absolute atomic E-state index is 12.9. The van der Waals surface area contributed by atoms with Crippen LogP contribution in [0.5, 0.6) is 0 Å². The van der Waals surface area contributed by atoms with Crippen LogP contribution in [0, 0.1) is 0 Å². The first-order chi connectivity index (χ1) is 12.7. The molecule has 0 bridgehead atoms. The van der Waals surface area contributed by atoms with Gasteiger partial charge in [-0.05, 0) is 31.0 Å². The van der Waals surface area contributed by atoms with Gasteiger partial charge in [0.25, 0.3) is 5.91 Å². The minimum absolute atomic E-state index is 0.196. The molecule has 1 unspecified atom stereocenters. The number of carbonyl (C=O) groups is 1. The summed E-state index contributed by atoms with van der Waals surface area (Å²) in [6.07, 6.45) is 10.8. The molecule has 1 aliphatic carbocycles. The highest BCUT2D eigenvalue weighted by Gasteiger charge is 2.48. The van der Waals surface area contributed by atoms with Gasteiger partial charge in [0.1, 0.15) is 0 Å². The molecule has 5 heteroatoms. The molecule has 3 rings (SSSR count). The second-order valence-corrected chi connectivity index (χ2v) is 8.36. The maximum Gasteiger partial charge on any atom is 0.296 e. The van der Waals surface area contributed by atoms with E-state index in [2.05, 4.69) is 17.2 Å². The number of unbranched alkanes of at least 4 members (excludes halogenated alkanes) is 1. The van der Waals surface area contributed by atoms with Gasteiger partial charge in [-0.2, -0.15) is 4.99 Å². The Labute approximate surface area is 161 Å². The smallest absolute Gasteiger partial charge is 0.296 e. The summed E-state index contributed by atoms with van der Waals surface area (Å²) in [6.45, 7) is 2.69. The lowest BCUT2D eigenvalue weighted by Crippen LogP contribution is -2.35. The molecule has 1 saturated carbocycles. The third kappa shape index (κ3) is 4.68. The van der Waals surface area contributed by atoms with E-state index in [4.69, 9.17) is 4.74 Å². The number of rotatable bonds is 6. The standard InChI is InChI=1S/C21H30N2O2S/c1-2-3-16-25-21(17-12-8-7-9-13-17)19(24)23-20(26-21)22-18-14-10-5-4-6-11-15-18/h7-9,12-13,18H,2-6,10-11,14-16H2,1H3,(H,22,23,24). The van der Waals surface area contributed by atoms with Crippen molar-refractivity contribution in [3.05, 3.63) is 35.9 Å². The molecule has 1 fully saturated rings. The Hall–Kier alpha value is -1.33. The van der Waals surface area contributed by atoms with Gasteiger partial charge in [0.2, 0.25) is 4.93 Å². The molecule has 0 spiro atoms. The van der Waals surface area contributed by atoms with Crippen LogP contribution in [0.2, 0.25) is 0 Å². The molecule has 1 aliphatic heterocycles. The Kier molecular flexibility index (Phi) is 7.15. The van der Waals surface area contributed by atoms with Crippen LogP contribution in [0.25, 0.3) is 0 Å². The molecule has 0 saturated heterocycles. The third-order valence-corrected chi connectivity index (χ3v) is 6.33. The zero-order valence-electron chi connectivity index (χ0n) is 15.7. The lowest BCUT2D eigenvalue weighted by Gasteiger charge is -2.27. The number of carbonyl (C=O) groups excluding carboxylic acids is 1. The van der Waals surface area contributed by atoms with E-state index in [-0.39, 0.29) is 5.91 Å². The summed E-state index contributed by atoms with van der Waals surface area (Å²) < 4.78 is 6.15. The van der Waals surface area contributed by atoms with Crippen molar-refractivity contribution in [3.8, 4) is 0 Å². The summed E-state index contributed by atoms with van der Waals surface area (Å²) in [6, 6.07) is 10.2. The number of amides is 1. The molecule has 4 nitrogen and oxygen atoms in total. The van der Waals surface area contributed by atoms with E-state index >= 15 is 0 Å². The SMILES string of the molecule is CCCCOC1(c2ccccc2)SC(NC2CCCCCCC2)=NC1=O. The number of hydrogen-bond donors (Lipinski definition) is 1. The number of nitrogens with zero attached hydrogens (tertiary/aromatic N) is 1. The number of nitrogens with one attached hydrogen (secondary N) is 1. The quantitative estimate of drug-likeness (QED) is 0.713. The molecule has 2 aliphatic rings. The van der Waals surface area contributed by atoms with E-state index in [0.717, 1.165) is 36.4 Å². The van der Waals surface area contributed by atoms with Crippen molar-refractivity contribution in [2.24, 2.45) is 4.99 Å². The number of ether oxygens (including phenoxy) is 1. The molecule has 1 atom stereocenters. The first-order valence-corrected chi connectivity index (χ1v) is 10.8. The highest BCUT2D eigenvalue weighted by atomic mass is 32.2. The van der Waals surface area contributed by atoms with Crippen molar-refractivity contribution in [2.75, 3.05) is 6.61 Å². The number of amidine groups is 1. The maximum atomic E-state index is 12.9. The number of benzene rings is 1. The van der Waals surface area contributed by atoms with Crippen LogP contribution in [0.4, 0.5) is 0 Å². The summed E-state index contributed by atoms with van der Waals surface area (Å²) >= 11 is 1.44. The van der Waals surface area contributed by atoms with Gasteiger partial charge in [0, 0.05) is 18.2 Å². The second-order valence-electron chi connectivity index (χ2n) is 7.20. The minimum Gasteiger partial charge on any atom is -0.362 e. The Morgan fingerprint density at radius 3 is 2.54 bits per heavy atom. The average Bonchev–Trinajstić information content (AvgIpc) is 2.95. The molecule has 26 heavy (non-hydrogen) atoms. The second kappa shape index (κ2) is 9.56. The van der Waals surface area contributed by atoms with Crippen LogP contribution in [0.15, 0.2) is 35.3 Å². The normalized spacial score (nSPS) is 24.8. The Balaban J connectivity index is 1.72. The van der Waals surface area contributed by atoms with Crippen molar-refractivity contribution < 1.29 is 9.53 Å². The highest BCUT2D eigenvalue weighted by Crippen LogP contribution is 2.44. The monoisotopic (exact) mass is 374 g/mol. The lowest BCUT2D eigenvalue weighted by atomic mass is 9.97. The number of hydrogen-bond acceptors (Lipinski definition) is 4. The summed E-state index contributed by atoms with van der Waals surface area (Å²) in [7, 11) is 0. The van der Waals surface area contributed by atoms with Gasteiger partial charge in [-0.15, -0.1) is 0 Å². The van der Waals surface area contributed by atoms with Gasteiger partial charge < -0.3 is 10.1 Å². The Morgan fingerprint density at radius 1 is 1.15 bits per heavy atom. The molecule has 1 N–H and O–H groups in total. The van der Waals surface area contributed by atoms with Crippen LogP contribution in [-0.4, -0.2) is 23.7 Å². The molecule has 1 aromatic carbocycles. The largest absolute Gasteiger partial charge is 0.362 e. The van der Waals surface area contributed by atoms with Crippen LogP contribution in [0.1, 0.15) is 70.3 Å². The summed E-state index contributed by atoms with van der Waals surface area (Å²) in [5, 5.41) is 4.27. The number of aliphatic imine (C=N–C) groups is 1. The predicted molar refractivity (Wildman–Crippen MR) is 108 cm³/mol. The molecule has 1 heterocycles. The fourth-order valence-corrected chi connectivity index (χ4v) is 4.74. The first-order valence-electron chi connectivity index (χ1n) is 10.0. The van der Waals surface area contributed by atoms with Gasteiger partial charge in [-0.25, -0.2) is 0 Å². The molecular weight excluding hydrogens is 344 g/mol. The fourth-order valence-electron chi connectivity index (χ4n) is 3.58. The van der Waals surface area contributed by atoms with Gasteiger partial charge in [0.15, 0.2) is 5.17 Å². The fraction of sp³-hybridized carbons (Fsp3) is 0.619. The van der Waals surface area contributed by atoms with Crippen LogP contribution >= 0.6 is 11.8 Å². The lowest BCUT2D eigenvalue weighted by molar-refractivity contribution is -0.132. The van der Waals surface area contributed by atoms with Crippen molar-refractivity contribution in [1.29, 1.82) is 0 Å².